The molecule has 7 heteroatoms. The maximum absolute atomic E-state index is 11.9. The number of quaternary nitrogens is 1. The highest BCUT2D eigenvalue weighted by atomic mass is 16.5. The Labute approximate surface area is 137 Å². The quantitative estimate of drug-likeness (QED) is 0.639. The van der Waals surface area contributed by atoms with Crippen LogP contribution in [0.2, 0.25) is 0 Å². The summed E-state index contributed by atoms with van der Waals surface area (Å²) in [5, 5.41) is 7.31. The third-order valence-corrected chi connectivity index (χ3v) is 4.28. The maximum Gasteiger partial charge on any atom is 0.222 e. The number of hydrogen-bond donors (Lipinski definition) is 2. The molecule has 0 radical (unpaired) electrons. The number of rotatable bonds is 7. The van der Waals surface area contributed by atoms with Crippen LogP contribution in [-0.4, -0.2) is 60.9 Å². The number of ether oxygens (including phenoxy) is 1. The minimum Gasteiger partial charge on any atom is -0.370 e. The fraction of sp³-hybridized carbons (Fsp3) is 0.688. The SMILES string of the molecule is CC(=O)c1c(C)nn(CCC(=O)NCC[NH+]2CCOCC2)c1C. The van der Waals surface area contributed by atoms with E-state index in [1.54, 1.807) is 11.6 Å². The van der Waals surface area contributed by atoms with Crippen LogP contribution in [0, 0.1) is 13.8 Å². The van der Waals surface area contributed by atoms with Crippen molar-refractivity contribution in [1.29, 1.82) is 0 Å². The molecule has 0 spiro atoms. The van der Waals surface area contributed by atoms with Gasteiger partial charge in [-0.15, -0.1) is 0 Å². The first kappa shape index (κ1) is 17.6. The van der Waals surface area contributed by atoms with Crippen molar-refractivity contribution in [3.8, 4) is 0 Å². The van der Waals surface area contributed by atoms with E-state index in [2.05, 4.69) is 10.4 Å². The van der Waals surface area contributed by atoms with E-state index in [4.69, 9.17) is 4.74 Å². The van der Waals surface area contributed by atoms with Crippen LogP contribution in [0.15, 0.2) is 0 Å². The number of carbonyl (C=O) groups excluding carboxylic acids is 2. The number of nitrogens with one attached hydrogen (secondary N) is 2. The van der Waals surface area contributed by atoms with Gasteiger partial charge in [0.25, 0.3) is 0 Å². The van der Waals surface area contributed by atoms with Gasteiger partial charge in [-0.2, -0.15) is 5.10 Å². The number of amides is 1. The fourth-order valence-electron chi connectivity index (χ4n) is 3.01. The molecule has 0 saturated carbocycles. The fourth-order valence-corrected chi connectivity index (χ4v) is 3.01. The molecule has 0 aromatic carbocycles. The third-order valence-electron chi connectivity index (χ3n) is 4.28. The Bertz CT molecular complexity index is 562. The van der Waals surface area contributed by atoms with Crippen LogP contribution in [0.4, 0.5) is 0 Å². The van der Waals surface area contributed by atoms with Gasteiger partial charge < -0.3 is 15.0 Å². The van der Waals surface area contributed by atoms with E-state index in [9.17, 15) is 9.59 Å². The van der Waals surface area contributed by atoms with Crippen molar-refractivity contribution in [2.24, 2.45) is 0 Å². The van der Waals surface area contributed by atoms with Crippen LogP contribution in [0.3, 0.4) is 0 Å². The number of aromatic nitrogens is 2. The van der Waals surface area contributed by atoms with E-state index in [0.29, 0.717) is 25.1 Å². The van der Waals surface area contributed by atoms with E-state index in [1.807, 2.05) is 13.8 Å². The molecule has 1 fully saturated rings. The molecular weight excluding hydrogens is 296 g/mol. The molecule has 2 rings (SSSR count). The molecule has 1 aliphatic heterocycles. The standard InChI is InChI=1S/C16H26N4O3/c1-12-16(14(3)21)13(2)20(18-12)6-4-15(22)17-5-7-19-8-10-23-11-9-19/h4-11H2,1-3H3,(H,17,22)/p+1. The number of nitrogens with zero attached hydrogens (tertiary/aromatic N) is 2. The molecule has 7 nitrogen and oxygen atoms in total. The van der Waals surface area contributed by atoms with E-state index in [0.717, 1.165) is 44.2 Å². The third kappa shape index (κ3) is 4.87. The summed E-state index contributed by atoms with van der Waals surface area (Å²) in [5.74, 6) is 0.0405. The Hall–Kier alpha value is -1.73. The number of morpholine rings is 1. The zero-order valence-electron chi connectivity index (χ0n) is 14.3. The van der Waals surface area contributed by atoms with Gasteiger partial charge in [0.2, 0.25) is 5.91 Å². The van der Waals surface area contributed by atoms with Gasteiger partial charge in [-0.3, -0.25) is 14.3 Å². The number of carbonyl (C=O) groups is 2. The van der Waals surface area contributed by atoms with Gasteiger partial charge in [0, 0.05) is 18.7 Å². The van der Waals surface area contributed by atoms with E-state index < -0.39 is 0 Å². The molecule has 1 aromatic rings. The molecule has 0 atom stereocenters. The van der Waals surface area contributed by atoms with Crippen molar-refractivity contribution in [2.45, 2.75) is 33.7 Å². The van der Waals surface area contributed by atoms with E-state index in [1.165, 1.54) is 4.90 Å². The number of ketones is 1. The van der Waals surface area contributed by atoms with Crippen LogP contribution in [0.1, 0.15) is 35.1 Å². The Morgan fingerprint density at radius 2 is 2.00 bits per heavy atom. The number of Topliss-reactive ketones (excluding diaryl/α,β-unsaturated/α-hetero) is 1. The summed E-state index contributed by atoms with van der Waals surface area (Å²) in [6.07, 6.45) is 0.373. The molecule has 1 aliphatic rings. The first-order valence-corrected chi connectivity index (χ1v) is 8.22. The van der Waals surface area contributed by atoms with Crippen molar-refractivity contribution in [2.75, 3.05) is 39.4 Å². The summed E-state index contributed by atoms with van der Waals surface area (Å²) in [4.78, 5) is 25.0. The minimum absolute atomic E-state index is 0.0178. The van der Waals surface area contributed by atoms with Gasteiger partial charge in [0.15, 0.2) is 5.78 Å². The molecule has 1 saturated heterocycles. The zero-order valence-corrected chi connectivity index (χ0v) is 14.3. The van der Waals surface area contributed by atoms with Crippen LogP contribution in [0.5, 0.6) is 0 Å². The highest BCUT2D eigenvalue weighted by Crippen LogP contribution is 2.13. The molecule has 128 valence electrons. The van der Waals surface area contributed by atoms with Gasteiger partial charge in [0.05, 0.1) is 37.6 Å². The van der Waals surface area contributed by atoms with E-state index >= 15 is 0 Å². The van der Waals surface area contributed by atoms with Gasteiger partial charge in [-0.1, -0.05) is 0 Å². The van der Waals surface area contributed by atoms with Crippen LogP contribution >= 0.6 is 0 Å². The molecule has 1 amide bonds. The molecule has 1 aromatic heterocycles. The minimum atomic E-state index is 0.0178. The second kappa shape index (κ2) is 8.21. The lowest BCUT2D eigenvalue weighted by molar-refractivity contribution is -0.906. The van der Waals surface area contributed by atoms with Gasteiger partial charge >= 0.3 is 0 Å². The first-order valence-electron chi connectivity index (χ1n) is 8.22. The molecule has 2 N–H and O–H groups in total. The molecule has 0 bridgehead atoms. The van der Waals surface area contributed by atoms with Crippen molar-refractivity contribution in [3.63, 3.8) is 0 Å². The first-order chi connectivity index (χ1) is 11.0. The summed E-state index contributed by atoms with van der Waals surface area (Å²) in [5.41, 5.74) is 2.23. The summed E-state index contributed by atoms with van der Waals surface area (Å²) in [6, 6.07) is 0. The Morgan fingerprint density at radius 1 is 1.30 bits per heavy atom. The summed E-state index contributed by atoms with van der Waals surface area (Å²) in [7, 11) is 0. The van der Waals surface area contributed by atoms with Crippen LogP contribution in [-0.2, 0) is 16.1 Å². The van der Waals surface area contributed by atoms with Crippen molar-refractivity contribution in [3.05, 3.63) is 17.0 Å². The van der Waals surface area contributed by atoms with Crippen molar-refractivity contribution >= 4 is 11.7 Å². The largest absolute Gasteiger partial charge is 0.370 e. The predicted octanol–water partition coefficient (Wildman–Crippen LogP) is -0.876. The van der Waals surface area contributed by atoms with Crippen molar-refractivity contribution < 1.29 is 19.2 Å². The Balaban J connectivity index is 1.74. The summed E-state index contributed by atoms with van der Waals surface area (Å²) >= 11 is 0. The Kier molecular flexibility index (Phi) is 6.29. The van der Waals surface area contributed by atoms with Gasteiger partial charge in [-0.05, 0) is 20.8 Å². The predicted molar refractivity (Wildman–Crippen MR) is 85.7 cm³/mol. The summed E-state index contributed by atoms with van der Waals surface area (Å²) < 4.78 is 7.06. The molecule has 0 unspecified atom stereocenters. The molecular formula is C16H27N4O3+. The average Bonchev–Trinajstić information content (AvgIpc) is 2.80. The van der Waals surface area contributed by atoms with Gasteiger partial charge in [-0.25, -0.2) is 0 Å². The molecule has 0 aliphatic carbocycles. The Morgan fingerprint density at radius 3 is 2.61 bits per heavy atom. The normalized spacial score (nSPS) is 15.6. The van der Waals surface area contributed by atoms with Crippen LogP contribution < -0.4 is 10.2 Å². The van der Waals surface area contributed by atoms with E-state index in [-0.39, 0.29) is 11.7 Å². The monoisotopic (exact) mass is 323 g/mol. The second-order valence-electron chi connectivity index (χ2n) is 6.04. The second-order valence-corrected chi connectivity index (χ2v) is 6.04. The maximum atomic E-state index is 11.9. The highest BCUT2D eigenvalue weighted by molar-refractivity contribution is 5.96. The smallest absolute Gasteiger partial charge is 0.222 e. The van der Waals surface area contributed by atoms with Crippen molar-refractivity contribution in [1.82, 2.24) is 15.1 Å². The lowest BCUT2D eigenvalue weighted by Gasteiger charge is -2.23. The van der Waals surface area contributed by atoms with Gasteiger partial charge in [0.1, 0.15) is 13.1 Å². The lowest BCUT2D eigenvalue weighted by atomic mass is 10.1. The van der Waals surface area contributed by atoms with Crippen LogP contribution in [0.25, 0.3) is 0 Å². The molecule has 23 heavy (non-hydrogen) atoms. The zero-order chi connectivity index (χ0) is 16.8. The molecule has 2 heterocycles. The average molecular weight is 323 g/mol. The number of hydrogen-bond acceptors (Lipinski definition) is 4. The highest BCUT2D eigenvalue weighted by Gasteiger charge is 2.16. The summed E-state index contributed by atoms with van der Waals surface area (Å²) in [6.45, 7) is 11.0. The topological polar surface area (TPSA) is 77.7 Å². The number of aryl methyl sites for hydroxylation is 2. The lowest BCUT2D eigenvalue weighted by Crippen LogP contribution is -3.14.